The highest BCUT2D eigenvalue weighted by Crippen LogP contribution is 2.30. The van der Waals surface area contributed by atoms with Gasteiger partial charge in [0.05, 0.1) is 0 Å². The first-order valence-corrected chi connectivity index (χ1v) is 4.80. The Kier molecular flexibility index (Phi) is 2.05. The molecule has 0 amide bonds. The minimum Gasteiger partial charge on any atom is -0.241 e. The molecule has 0 saturated heterocycles. The fourth-order valence-electron chi connectivity index (χ4n) is 1.85. The van der Waals surface area contributed by atoms with Crippen molar-refractivity contribution in [2.24, 2.45) is 0 Å². The lowest BCUT2D eigenvalue weighted by atomic mass is 9.88. The first kappa shape index (κ1) is 8.06. The highest BCUT2D eigenvalue weighted by atomic mass is 35.5. The van der Waals surface area contributed by atoms with Crippen LogP contribution in [0.3, 0.4) is 0 Å². The molecule has 2 rings (SSSR count). The van der Waals surface area contributed by atoms with Crippen molar-refractivity contribution in [3.05, 3.63) is 28.5 Å². The Labute approximate surface area is 77.8 Å². The zero-order valence-electron chi connectivity index (χ0n) is 7.18. The van der Waals surface area contributed by atoms with E-state index in [0.29, 0.717) is 11.1 Å². The Morgan fingerprint density at radius 2 is 2.33 bits per heavy atom. The Balaban J connectivity index is 2.47. The summed E-state index contributed by atoms with van der Waals surface area (Å²) in [5, 5.41) is 0.627. The molecule has 1 nitrogen and oxygen atoms in total. The van der Waals surface area contributed by atoms with E-state index < -0.39 is 0 Å². The van der Waals surface area contributed by atoms with E-state index in [2.05, 4.69) is 18.0 Å². The molecule has 12 heavy (non-hydrogen) atoms. The lowest BCUT2D eigenvalue weighted by molar-refractivity contribution is 0.573. The van der Waals surface area contributed by atoms with Gasteiger partial charge in [0.15, 0.2) is 0 Å². The van der Waals surface area contributed by atoms with E-state index in [-0.39, 0.29) is 0 Å². The average Bonchev–Trinajstić information content (AvgIpc) is 2.07. The van der Waals surface area contributed by atoms with Gasteiger partial charge in [-0.3, -0.25) is 0 Å². The van der Waals surface area contributed by atoms with Crippen molar-refractivity contribution >= 4 is 11.6 Å². The van der Waals surface area contributed by atoms with Gasteiger partial charge in [-0.25, -0.2) is 4.98 Å². The third kappa shape index (κ3) is 1.34. The predicted octanol–water partition coefficient (Wildman–Crippen LogP) is 3.17. The molecule has 0 N–H and O–H groups in total. The van der Waals surface area contributed by atoms with Crippen molar-refractivity contribution < 1.29 is 0 Å². The summed E-state index contributed by atoms with van der Waals surface area (Å²) in [5.41, 5.74) is 2.60. The fraction of sp³-hybridized carbons (Fsp3) is 0.500. The average molecular weight is 182 g/mol. The van der Waals surface area contributed by atoms with Crippen LogP contribution in [0.1, 0.15) is 36.9 Å². The Morgan fingerprint density at radius 1 is 1.50 bits per heavy atom. The largest absolute Gasteiger partial charge is 0.241 e. The maximum Gasteiger partial charge on any atom is 0.129 e. The van der Waals surface area contributed by atoms with Gasteiger partial charge in [0.25, 0.3) is 0 Å². The fourth-order valence-corrected chi connectivity index (χ4v) is 2.01. The third-order valence-electron chi connectivity index (χ3n) is 2.53. The second-order valence-corrected chi connectivity index (χ2v) is 3.86. The third-order valence-corrected chi connectivity index (χ3v) is 2.74. The van der Waals surface area contributed by atoms with Crippen LogP contribution in [0.4, 0.5) is 0 Å². The molecule has 1 heterocycles. The molecule has 0 spiro atoms. The molecule has 1 aromatic rings. The zero-order valence-corrected chi connectivity index (χ0v) is 7.93. The van der Waals surface area contributed by atoms with E-state index in [1.807, 2.05) is 6.07 Å². The van der Waals surface area contributed by atoms with Crippen LogP contribution in [0.15, 0.2) is 12.1 Å². The van der Waals surface area contributed by atoms with E-state index >= 15 is 0 Å². The van der Waals surface area contributed by atoms with Gasteiger partial charge in [-0.1, -0.05) is 24.6 Å². The SMILES string of the molecule is C[C@@H]1CCCc2ccc(Cl)nc21. The molecule has 2 heteroatoms. The van der Waals surface area contributed by atoms with Gasteiger partial charge in [0.1, 0.15) is 5.15 Å². The van der Waals surface area contributed by atoms with Crippen molar-refractivity contribution in [1.82, 2.24) is 4.98 Å². The quantitative estimate of drug-likeness (QED) is 0.561. The molecule has 1 aliphatic carbocycles. The summed E-state index contributed by atoms with van der Waals surface area (Å²) in [5.74, 6) is 0.590. The maximum atomic E-state index is 5.83. The van der Waals surface area contributed by atoms with Crippen LogP contribution in [-0.4, -0.2) is 4.98 Å². The molecular formula is C10H12ClN. The summed E-state index contributed by atoms with van der Waals surface area (Å²) in [4.78, 5) is 4.36. The van der Waals surface area contributed by atoms with Gasteiger partial charge in [0, 0.05) is 5.69 Å². The van der Waals surface area contributed by atoms with Gasteiger partial charge in [-0.15, -0.1) is 0 Å². The Bertz CT molecular complexity index is 296. The van der Waals surface area contributed by atoms with Crippen LogP contribution >= 0.6 is 11.6 Å². The van der Waals surface area contributed by atoms with Gasteiger partial charge >= 0.3 is 0 Å². The van der Waals surface area contributed by atoms with Crippen LogP contribution in [0.5, 0.6) is 0 Å². The van der Waals surface area contributed by atoms with E-state index in [4.69, 9.17) is 11.6 Å². The topological polar surface area (TPSA) is 12.9 Å². The van der Waals surface area contributed by atoms with Gasteiger partial charge in [0.2, 0.25) is 0 Å². The van der Waals surface area contributed by atoms with E-state index in [0.717, 1.165) is 0 Å². The van der Waals surface area contributed by atoms with Crippen LogP contribution in [0.25, 0.3) is 0 Å². The second-order valence-electron chi connectivity index (χ2n) is 3.47. The Hall–Kier alpha value is -0.560. The van der Waals surface area contributed by atoms with Crippen molar-refractivity contribution in [2.75, 3.05) is 0 Å². The van der Waals surface area contributed by atoms with Crippen LogP contribution < -0.4 is 0 Å². The standard InChI is InChI=1S/C10H12ClN/c1-7-3-2-4-8-5-6-9(11)12-10(7)8/h5-7H,2-4H2,1H3/t7-/m1/s1. The van der Waals surface area contributed by atoms with E-state index in [1.165, 1.54) is 30.5 Å². The maximum absolute atomic E-state index is 5.83. The lowest BCUT2D eigenvalue weighted by Crippen LogP contribution is -2.09. The first-order chi connectivity index (χ1) is 5.77. The molecule has 0 aliphatic heterocycles. The van der Waals surface area contributed by atoms with Crippen LogP contribution in [-0.2, 0) is 6.42 Å². The number of aromatic nitrogens is 1. The summed E-state index contributed by atoms with van der Waals surface area (Å²) in [6.07, 6.45) is 3.71. The number of halogens is 1. The summed E-state index contributed by atoms with van der Waals surface area (Å²) in [6.45, 7) is 2.22. The number of fused-ring (bicyclic) bond motifs is 1. The lowest BCUT2D eigenvalue weighted by Gasteiger charge is -2.20. The highest BCUT2D eigenvalue weighted by molar-refractivity contribution is 6.29. The molecule has 0 unspecified atom stereocenters. The smallest absolute Gasteiger partial charge is 0.129 e. The molecule has 0 radical (unpaired) electrons. The predicted molar refractivity (Wildman–Crippen MR) is 50.6 cm³/mol. The van der Waals surface area contributed by atoms with Crippen molar-refractivity contribution in [3.63, 3.8) is 0 Å². The summed E-state index contributed by atoms with van der Waals surface area (Å²) in [7, 11) is 0. The van der Waals surface area contributed by atoms with E-state index in [9.17, 15) is 0 Å². The van der Waals surface area contributed by atoms with Gasteiger partial charge in [-0.2, -0.15) is 0 Å². The monoisotopic (exact) mass is 181 g/mol. The van der Waals surface area contributed by atoms with Crippen LogP contribution in [0, 0.1) is 0 Å². The summed E-state index contributed by atoms with van der Waals surface area (Å²) in [6, 6.07) is 4.00. The number of aryl methyl sites for hydroxylation is 1. The molecule has 1 aromatic heterocycles. The number of pyridine rings is 1. The minimum atomic E-state index is 0.590. The molecule has 1 aliphatic rings. The molecular weight excluding hydrogens is 170 g/mol. The molecule has 1 atom stereocenters. The molecule has 0 fully saturated rings. The van der Waals surface area contributed by atoms with Crippen LogP contribution in [0.2, 0.25) is 5.15 Å². The highest BCUT2D eigenvalue weighted by Gasteiger charge is 2.17. The molecule has 0 bridgehead atoms. The van der Waals surface area contributed by atoms with Crippen molar-refractivity contribution in [2.45, 2.75) is 32.1 Å². The normalized spacial score (nSPS) is 22.0. The number of nitrogens with zero attached hydrogens (tertiary/aromatic N) is 1. The molecule has 64 valence electrons. The molecule has 0 saturated carbocycles. The van der Waals surface area contributed by atoms with Crippen molar-refractivity contribution in [1.29, 1.82) is 0 Å². The first-order valence-electron chi connectivity index (χ1n) is 4.42. The van der Waals surface area contributed by atoms with Gasteiger partial charge < -0.3 is 0 Å². The number of hydrogen-bond acceptors (Lipinski definition) is 1. The number of rotatable bonds is 0. The van der Waals surface area contributed by atoms with Crippen molar-refractivity contribution in [3.8, 4) is 0 Å². The number of hydrogen-bond donors (Lipinski definition) is 0. The molecule has 0 aromatic carbocycles. The second kappa shape index (κ2) is 3.06. The minimum absolute atomic E-state index is 0.590. The Morgan fingerprint density at radius 3 is 3.17 bits per heavy atom. The summed E-state index contributed by atoms with van der Waals surface area (Å²) >= 11 is 5.83. The summed E-state index contributed by atoms with van der Waals surface area (Å²) < 4.78 is 0. The van der Waals surface area contributed by atoms with E-state index in [1.54, 1.807) is 0 Å². The van der Waals surface area contributed by atoms with Gasteiger partial charge in [-0.05, 0) is 36.8 Å². The zero-order chi connectivity index (χ0) is 8.55.